The van der Waals surface area contributed by atoms with Crippen LogP contribution < -0.4 is 0 Å². The first-order valence-corrected chi connectivity index (χ1v) is 24.9. The smallest absolute Gasteiger partial charge is 0.334 e. The van der Waals surface area contributed by atoms with E-state index < -0.39 is 48.8 Å². The van der Waals surface area contributed by atoms with Gasteiger partial charge in [0.05, 0.1) is 38.1 Å². The molecule has 50 heavy (non-hydrogen) atoms. The molecule has 0 aromatic rings. The average Bonchev–Trinajstić information content (AvgIpc) is 3.57. The van der Waals surface area contributed by atoms with Crippen LogP contribution in [0.4, 0.5) is 0 Å². The molecule has 1 heterocycles. The summed E-state index contributed by atoms with van der Waals surface area (Å²) in [6.45, 7) is 20.7. The van der Waals surface area contributed by atoms with Crippen molar-refractivity contribution in [3.8, 4) is 0 Å². The molecule has 0 radical (unpaired) electrons. The number of aliphatic hydroxyl groups is 4. The van der Waals surface area contributed by atoms with Gasteiger partial charge in [-0.05, 0) is 105 Å². The highest BCUT2D eigenvalue weighted by Crippen LogP contribution is 2.35. The normalized spacial score (nSPS) is 20.8. The standard InChI is InChI=1S/C11H24O4Si.C11H26O4Si.C9H22O5Si.3CH4/c1-10-11(2,15-10)9-14-7-6-8-16(5,12-3)13-4;1-10(12)11(2,13)9-15-7-6-8-16(4,5)14-3;1-8(10)9(2,11)7-14-5-4-6-15(3,12)13;;;/h10H,6-9H2,1-5H3;10,12-13H,6-9H2,1-5H3;8,10-13H,4-7H2,1-3H3;3*1H4. The first-order chi connectivity index (χ1) is 21.3. The molecule has 6 N–H and O–H groups in total. The molecule has 6 atom stereocenters. The van der Waals surface area contributed by atoms with Gasteiger partial charge in [-0.1, -0.05) is 22.3 Å². The van der Waals surface area contributed by atoms with Crippen LogP contribution in [-0.2, 0) is 32.2 Å². The van der Waals surface area contributed by atoms with Gasteiger partial charge in [0.1, 0.15) is 16.8 Å². The summed E-state index contributed by atoms with van der Waals surface area (Å²) < 4.78 is 37.7. The third-order valence-corrected chi connectivity index (χ3v) is 15.5. The summed E-state index contributed by atoms with van der Waals surface area (Å²) in [7, 11) is -1.16. The average molecular weight is 785 g/mol. The number of rotatable bonds is 23. The molecule has 13 nitrogen and oxygen atoms in total. The van der Waals surface area contributed by atoms with Gasteiger partial charge in [0.25, 0.3) is 0 Å². The first kappa shape index (κ1) is 59.4. The van der Waals surface area contributed by atoms with Crippen molar-refractivity contribution >= 4 is 25.4 Å². The Morgan fingerprint density at radius 2 is 1.06 bits per heavy atom. The summed E-state index contributed by atoms with van der Waals surface area (Å²) in [4.78, 5) is 18.2. The maximum Gasteiger partial charge on any atom is 0.334 e. The molecule has 310 valence electrons. The van der Waals surface area contributed by atoms with Gasteiger partial charge in [-0.2, -0.15) is 0 Å². The van der Waals surface area contributed by atoms with Gasteiger partial charge in [0, 0.05) is 41.2 Å². The lowest BCUT2D eigenvalue weighted by Gasteiger charge is -2.26. The number of ether oxygens (including phenoxy) is 4. The molecule has 6 unspecified atom stereocenters. The molecule has 0 aliphatic carbocycles. The summed E-state index contributed by atoms with van der Waals surface area (Å²) >= 11 is 0. The van der Waals surface area contributed by atoms with Crippen LogP contribution >= 0.6 is 0 Å². The van der Waals surface area contributed by atoms with Crippen molar-refractivity contribution in [2.45, 2.75) is 163 Å². The Labute approximate surface area is 310 Å². The molecule has 1 aliphatic rings. The van der Waals surface area contributed by atoms with Gasteiger partial charge in [0.2, 0.25) is 0 Å². The quantitative estimate of drug-likeness (QED) is 0.0472. The highest BCUT2D eigenvalue weighted by atomic mass is 28.4. The maximum absolute atomic E-state index is 9.71. The second-order valence-corrected chi connectivity index (χ2v) is 25.3. The molecule has 16 heteroatoms. The molecular formula is C34H84O13Si3. The molecule has 0 aromatic carbocycles. The Kier molecular flexibility index (Phi) is 32.9. The molecule has 0 amide bonds. The molecule has 1 fully saturated rings. The molecule has 0 saturated carbocycles. The summed E-state index contributed by atoms with van der Waals surface area (Å²) in [5.41, 5.74) is -2.45. The van der Waals surface area contributed by atoms with Crippen molar-refractivity contribution in [2.24, 2.45) is 0 Å². The minimum atomic E-state index is -2.97. The van der Waals surface area contributed by atoms with E-state index in [0.29, 0.717) is 38.4 Å². The molecular weight excluding hydrogens is 701 g/mol. The zero-order chi connectivity index (χ0) is 37.2. The fourth-order valence-corrected chi connectivity index (χ4v) is 6.96. The zero-order valence-corrected chi connectivity index (χ0v) is 34.8. The Hall–Kier alpha value is 0.131. The van der Waals surface area contributed by atoms with Crippen LogP contribution in [-0.4, -0.2) is 152 Å². The van der Waals surface area contributed by atoms with E-state index in [1.165, 1.54) is 20.4 Å². The topological polar surface area (TPSA) is 189 Å². The molecule has 1 saturated heterocycles. The van der Waals surface area contributed by atoms with E-state index in [2.05, 4.69) is 33.5 Å². The molecule has 0 aromatic heterocycles. The zero-order valence-electron chi connectivity index (χ0n) is 31.8. The maximum atomic E-state index is 9.71. The highest BCUT2D eigenvalue weighted by molar-refractivity contribution is 6.71. The third kappa shape index (κ3) is 29.6. The fraction of sp³-hybridized carbons (Fsp3) is 1.00. The first-order valence-electron chi connectivity index (χ1n) is 16.6. The number of hydrogen-bond donors (Lipinski definition) is 6. The van der Waals surface area contributed by atoms with E-state index in [9.17, 15) is 15.3 Å². The summed E-state index contributed by atoms with van der Waals surface area (Å²) in [6, 6.07) is 2.36. The van der Waals surface area contributed by atoms with Crippen LogP contribution in [0.25, 0.3) is 0 Å². The summed E-state index contributed by atoms with van der Waals surface area (Å²) in [5, 5.41) is 37.7. The number of hydrogen-bond acceptors (Lipinski definition) is 13. The predicted molar refractivity (Wildman–Crippen MR) is 211 cm³/mol. The van der Waals surface area contributed by atoms with Crippen molar-refractivity contribution in [3.05, 3.63) is 0 Å². The van der Waals surface area contributed by atoms with Crippen LogP contribution in [0, 0.1) is 0 Å². The van der Waals surface area contributed by atoms with Crippen LogP contribution in [0.3, 0.4) is 0 Å². The second-order valence-electron chi connectivity index (χ2n) is 14.3. The van der Waals surface area contributed by atoms with Gasteiger partial charge >= 0.3 is 17.1 Å². The van der Waals surface area contributed by atoms with E-state index in [-0.39, 0.29) is 41.1 Å². The highest BCUT2D eigenvalue weighted by Gasteiger charge is 2.49. The Balaban J connectivity index is -0.000000197. The van der Waals surface area contributed by atoms with E-state index in [4.69, 9.17) is 46.9 Å². The summed E-state index contributed by atoms with van der Waals surface area (Å²) in [6.07, 6.45) is 1.17. The second kappa shape index (κ2) is 27.7. The van der Waals surface area contributed by atoms with Crippen molar-refractivity contribution < 1.29 is 62.2 Å². The SMILES string of the molecule is C.C.C.CC(O)C(C)(O)COCCC[Si](C)(O)O.CO[Si](C)(C)CCCOCC(C)(O)C(C)O.CO[Si](C)(CCCOCC1(C)OC1C)OC. The Bertz CT molecular complexity index is 773. The summed E-state index contributed by atoms with van der Waals surface area (Å²) in [5.74, 6) is 0. The predicted octanol–water partition coefficient (Wildman–Crippen LogP) is 4.80. The lowest BCUT2D eigenvalue weighted by Crippen LogP contribution is -2.42. The van der Waals surface area contributed by atoms with Crippen LogP contribution in [0.15, 0.2) is 0 Å². The van der Waals surface area contributed by atoms with Gasteiger partial charge in [0.15, 0.2) is 8.32 Å². The minimum Gasteiger partial charge on any atom is -0.420 e. The van der Waals surface area contributed by atoms with E-state index in [1.54, 1.807) is 35.2 Å². The van der Waals surface area contributed by atoms with Crippen LogP contribution in [0.5, 0.6) is 0 Å². The lowest BCUT2D eigenvalue weighted by molar-refractivity contribution is -0.102. The van der Waals surface area contributed by atoms with E-state index in [0.717, 1.165) is 31.5 Å². The largest absolute Gasteiger partial charge is 0.420 e. The van der Waals surface area contributed by atoms with Gasteiger partial charge in [-0.25, -0.2) is 0 Å². The molecule has 1 aliphatic heterocycles. The molecule has 1 rings (SSSR count). The van der Waals surface area contributed by atoms with E-state index in [1.807, 2.05) is 0 Å². The van der Waals surface area contributed by atoms with Crippen molar-refractivity contribution in [1.29, 1.82) is 0 Å². The number of epoxide rings is 1. The van der Waals surface area contributed by atoms with Gasteiger partial charge in [-0.3, -0.25) is 0 Å². The van der Waals surface area contributed by atoms with Gasteiger partial charge in [-0.15, -0.1) is 0 Å². The minimum absolute atomic E-state index is 0. The fourth-order valence-electron chi connectivity index (χ4n) is 3.59. The Morgan fingerprint density at radius 1 is 0.700 bits per heavy atom. The van der Waals surface area contributed by atoms with Crippen molar-refractivity contribution in [2.75, 3.05) is 61.0 Å². The van der Waals surface area contributed by atoms with Gasteiger partial charge < -0.3 is 62.2 Å². The van der Waals surface area contributed by atoms with Crippen molar-refractivity contribution in [3.63, 3.8) is 0 Å². The van der Waals surface area contributed by atoms with Crippen LogP contribution in [0.2, 0.25) is 44.3 Å². The molecule has 0 bridgehead atoms. The third-order valence-electron chi connectivity index (χ3n) is 8.57. The lowest BCUT2D eigenvalue weighted by atomic mass is 10.0. The van der Waals surface area contributed by atoms with E-state index >= 15 is 0 Å². The number of aliphatic hydroxyl groups excluding tert-OH is 2. The monoisotopic (exact) mass is 785 g/mol. The Morgan fingerprint density at radius 3 is 1.38 bits per heavy atom. The van der Waals surface area contributed by atoms with Crippen molar-refractivity contribution in [1.82, 2.24) is 0 Å². The molecule has 0 spiro atoms. The van der Waals surface area contributed by atoms with Crippen LogP contribution in [0.1, 0.15) is 83.1 Å².